The molecule has 2 N–H and O–H groups in total. The number of urea groups is 1. The summed E-state index contributed by atoms with van der Waals surface area (Å²) in [5, 5.41) is 0. The highest BCUT2D eigenvalue weighted by Gasteiger charge is 2.31. The number of carbonyl (C=O) groups is 2. The summed E-state index contributed by atoms with van der Waals surface area (Å²) in [7, 11) is 0. The first-order valence-corrected chi connectivity index (χ1v) is 10.2. The van der Waals surface area contributed by atoms with Crippen LogP contribution in [-0.2, 0) is 11.2 Å². The quantitative estimate of drug-likeness (QED) is 0.716. The van der Waals surface area contributed by atoms with Crippen molar-refractivity contribution in [3.63, 3.8) is 0 Å². The Kier molecular flexibility index (Phi) is 10.9. The van der Waals surface area contributed by atoms with E-state index >= 15 is 0 Å². The van der Waals surface area contributed by atoms with E-state index in [1.54, 1.807) is 0 Å². The highest BCUT2D eigenvalue weighted by Crippen LogP contribution is 2.21. The predicted molar refractivity (Wildman–Crippen MR) is 116 cm³/mol. The molecule has 0 radical (unpaired) electrons. The average molecular weight is 411 g/mol. The molecule has 2 rings (SSSR count). The number of piperidine rings is 1. The van der Waals surface area contributed by atoms with Gasteiger partial charge in [-0.1, -0.05) is 30.3 Å². The van der Waals surface area contributed by atoms with Gasteiger partial charge in [0.05, 0.1) is 0 Å². The van der Waals surface area contributed by atoms with E-state index < -0.39 is 0 Å². The fourth-order valence-corrected chi connectivity index (χ4v) is 3.67. The van der Waals surface area contributed by atoms with Gasteiger partial charge >= 0.3 is 6.03 Å². The summed E-state index contributed by atoms with van der Waals surface area (Å²) in [5.74, 6) is 0.180. The van der Waals surface area contributed by atoms with Crippen LogP contribution in [0.3, 0.4) is 0 Å². The minimum atomic E-state index is -0.00641. The van der Waals surface area contributed by atoms with Crippen LogP contribution in [0, 0.1) is 5.92 Å². The SMILES string of the molecule is CCN(CC)C(=O)N1CCC(C(=O)N(CCN)CCc2ccccc2)CC1.Cl. The molecule has 7 heteroatoms. The Balaban J connectivity index is 0.00000392. The molecule has 1 aromatic rings. The first-order chi connectivity index (χ1) is 13.1. The van der Waals surface area contributed by atoms with Gasteiger partial charge < -0.3 is 20.4 Å². The second kappa shape index (κ2) is 12.6. The molecule has 28 heavy (non-hydrogen) atoms. The van der Waals surface area contributed by atoms with Gasteiger partial charge in [0, 0.05) is 51.7 Å². The predicted octanol–water partition coefficient (Wildman–Crippen LogP) is 2.61. The minimum Gasteiger partial charge on any atom is -0.341 e. The maximum Gasteiger partial charge on any atom is 0.319 e. The summed E-state index contributed by atoms with van der Waals surface area (Å²) in [4.78, 5) is 31.1. The fraction of sp³-hybridized carbons (Fsp3) is 0.619. The van der Waals surface area contributed by atoms with Gasteiger partial charge in [-0.3, -0.25) is 4.79 Å². The maximum absolute atomic E-state index is 13.0. The van der Waals surface area contributed by atoms with Crippen LogP contribution >= 0.6 is 12.4 Å². The second-order valence-electron chi connectivity index (χ2n) is 7.07. The normalized spacial score (nSPS) is 14.3. The molecule has 1 aromatic carbocycles. The highest BCUT2D eigenvalue weighted by atomic mass is 35.5. The number of nitrogens with zero attached hydrogens (tertiary/aromatic N) is 3. The van der Waals surface area contributed by atoms with E-state index in [9.17, 15) is 9.59 Å². The van der Waals surface area contributed by atoms with E-state index in [1.165, 1.54) is 5.56 Å². The number of carbonyl (C=O) groups excluding carboxylic acids is 2. The summed E-state index contributed by atoms with van der Waals surface area (Å²) in [6, 6.07) is 10.3. The Hall–Kier alpha value is -1.79. The molecule has 6 nitrogen and oxygen atoms in total. The number of hydrogen-bond donors (Lipinski definition) is 1. The summed E-state index contributed by atoms with van der Waals surface area (Å²) < 4.78 is 0. The molecule has 1 aliphatic rings. The van der Waals surface area contributed by atoms with Crippen LogP contribution in [0.5, 0.6) is 0 Å². The van der Waals surface area contributed by atoms with Crippen molar-refractivity contribution in [2.75, 3.05) is 45.8 Å². The molecule has 1 aliphatic heterocycles. The van der Waals surface area contributed by atoms with E-state index in [4.69, 9.17) is 5.73 Å². The summed E-state index contributed by atoms with van der Waals surface area (Å²) >= 11 is 0. The molecular weight excluding hydrogens is 376 g/mol. The van der Waals surface area contributed by atoms with Crippen LogP contribution < -0.4 is 5.73 Å². The van der Waals surface area contributed by atoms with Crippen molar-refractivity contribution in [2.24, 2.45) is 11.7 Å². The fourth-order valence-electron chi connectivity index (χ4n) is 3.67. The molecule has 0 bridgehead atoms. The van der Waals surface area contributed by atoms with Gasteiger partial charge in [0.25, 0.3) is 0 Å². The molecule has 1 heterocycles. The Morgan fingerprint density at radius 2 is 1.64 bits per heavy atom. The summed E-state index contributed by atoms with van der Waals surface area (Å²) in [6.07, 6.45) is 2.31. The first kappa shape index (κ1) is 24.2. The van der Waals surface area contributed by atoms with Gasteiger partial charge in [0.2, 0.25) is 5.91 Å². The number of rotatable bonds is 8. The Labute approximate surface area is 175 Å². The smallest absolute Gasteiger partial charge is 0.319 e. The van der Waals surface area contributed by atoms with E-state index in [2.05, 4.69) is 12.1 Å². The molecule has 0 aromatic heterocycles. The highest BCUT2D eigenvalue weighted by molar-refractivity contribution is 5.85. The topological polar surface area (TPSA) is 69.9 Å². The van der Waals surface area contributed by atoms with E-state index in [1.807, 2.05) is 46.7 Å². The average Bonchev–Trinajstić information content (AvgIpc) is 2.72. The van der Waals surface area contributed by atoms with Crippen molar-refractivity contribution >= 4 is 24.3 Å². The second-order valence-corrected chi connectivity index (χ2v) is 7.07. The van der Waals surface area contributed by atoms with Crippen LogP contribution in [0.2, 0.25) is 0 Å². The number of nitrogens with two attached hydrogens (primary N) is 1. The van der Waals surface area contributed by atoms with E-state index in [0.29, 0.717) is 32.7 Å². The molecule has 0 saturated carbocycles. The summed E-state index contributed by atoms with van der Waals surface area (Å²) in [6.45, 7) is 8.49. The van der Waals surface area contributed by atoms with Crippen molar-refractivity contribution in [3.05, 3.63) is 35.9 Å². The van der Waals surface area contributed by atoms with E-state index in [0.717, 1.165) is 32.4 Å². The molecule has 1 saturated heterocycles. The lowest BCUT2D eigenvalue weighted by atomic mass is 9.95. The van der Waals surface area contributed by atoms with Crippen LogP contribution in [0.4, 0.5) is 4.79 Å². The van der Waals surface area contributed by atoms with Crippen LogP contribution in [0.15, 0.2) is 30.3 Å². The van der Waals surface area contributed by atoms with Gasteiger partial charge in [-0.15, -0.1) is 12.4 Å². The number of likely N-dealkylation sites (tertiary alicyclic amines) is 1. The lowest BCUT2D eigenvalue weighted by molar-refractivity contribution is -0.136. The zero-order valence-electron chi connectivity index (χ0n) is 17.2. The lowest BCUT2D eigenvalue weighted by Gasteiger charge is -2.36. The Morgan fingerprint density at radius 1 is 1.04 bits per heavy atom. The molecular formula is C21H35ClN4O2. The Morgan fingerprint density at radius 3 is 2.18 bits per heavy atom. The van der Waals surface area contributed by atoms with Crippen molar-refractivity contribution in [3.8, 4) is 0 Å². The lowest BCUT2D eigenvalue weighted by Crippen LogP contribution is -2.49. The minimum absolute atomic E-state index is 0. The van der Waals surface area contributed by atoms with Crippen molar-refractivity contribution in [1.29, 1.82) is 0 Å². The molecule has 0 spiro atoms. The van der Waals surface area contributed by atoms with Gasteiger partial charge in [-0.05, 0) is 38.7 Å². The monoisotopic (exact) mass is 410 g/mol. The zero-order chi connectivity index (χ0) is 19.6. The maximum atomic E-state index is 13.0. The number of halogens is 1. The molecule has 0 unspecified atom stereocenters. The zero-order valence-corrected chi connectivity index (χ0v) is 18.0. The van der Waals surface area contributed by atoms with Crippen molar-refractivity contribution in [2.45, 2.75) is 33.1 Å². The van der Waals surface area contributed by atoms with Crippen LogP contribution in [0.1, 0.15) is 32.3 Å². The van der Waals surface area contributed by atoms with Gasteiger partial charge in [0.1, 0.15) is 0 Å². The van der Waals surface area contributed by atoms with Crippen LogP contribution in [0.25, 0.3) is 0 Å². The summed E-state index contributed by atoms with van der Waals surface area (Å²) in [5.41, 5.74) is 6.97. The number of amides is 3. The third-order valence-corrected chi connectivity index (χ3v) is 5.37. The largest absolute Gasteiger partial charge is 0.341 e. The molecule has 3 amide bonds. The van der Waals surface area contributed by atoms with E-state index in [-0.39, 0.29) is 30.3 Å². The molecule has 158 valence electrons. The third-order valence-electron chi connectivity index (χ3n) is 5.37. The molecule has 0 aliphatic carbocycles. The molecule has 0 atom stereocenters. The molecule has 1 fully saturated rings. The van der Waals surface area contributed by atoms with Crippen molar-refractivity contribution < 1.29 is 9.59 Å². The van der Waals surface area contributed by atoms with Crippen LogP contribution in [-0.4, -0.2) is 72.5 Å². The van der Waals surface area contributed by atoms with Crippen molar-refractivity contribution in [1.82, 2.24) is 14.7 Å². The van der Waals surface area contributed by atoms with Gasteiger partial charge in [-0.25, -0.2) is 4.79 Å². The Bertz CT molecular complexity index is 587. The standard InChI is InChI=1S/C21H34N4O2.ClH/c1-3-23(4-2)21(27)25-15-11-19(12-16-25)20(26)24(17-13-22)14-10-18-8-6-5-7-9-18;/h5-9,19H,3-4,10-17,22H2,1-2H3;1H. The van der Waals surface area contributed by atoms with Gasteiger partial charge in [0.15, 0.2) is 0 Å². The first-order valence-electron chi connectivity index (χ1n) is 10.2. The third kappa shape index (κ3) is 6.67. The number of hydrogen-bond acceptors (Lipinski definition) is 3. The van der Waals surface area contributed by atoms with Gasteiger partial charge in [-0.2, -0.15) is 0 Å². The number of benzene rings is 1.